The van der Waals surface area contributed by atoms with Crippen LogP contribution in [0.2, 0.25) is 0 Å². The molecular formula is C11H20N2O3. The number of ether oxygens (including phenoxy) is 1. The van der Waals surface area contributed by atoms with E-state index in [1.54, 1.807) is 6.92 Å². The summed E-state index contributed by atoms with van der Waals surface area (Å²) in [4.78, 5) is 22.2. The second-order valence-electron chi connectivity index (χ2n) is 3.98. The van der Waals surface area contributed by atoms with E-state index in [0.29, 0.717) is 25.5 Å². The van der Waals surface area contributed by atoms with Gasteiger partial charge in [0.15, 0.2) is 0 Å². The Morgan fingerprint density at radius 1 is 1.38 bits per heavy atom. The first-order valence-corrected chi connectivity index (χ1v) is 5.85. The number of rotatable bonds is 8. The molecule has 0 aromatic carbocycles. The van der Waals surface area contributed by atoms with E-state index < -0.39 is 0 Å². The Morgan fingerprint density at radius 2 is 2.12 bits per heavy atom. The molecule has 0 aliphatic heterocycles. The van der Waals surface area contributed by atoms with Crippen LogP contribution in [0.4, 0.5) is 0 Å². The Hall–Kier alpha value is -1.10. The number of hydrogen-bond acceptors (Lipinski definition) is 4. The van der Waals surface area contributed by atoms with Crippen LogP contribution in [0.3, 0.4) is 0 Å². The fourth-order valence-corrected chi connectivity index (χ4v) is 1.27. The van der Waals surface area contributed by atoms with Crippen molar-refractivity contribution in [2.45, 2.75) is 26.2 Å². The van der Waals surface area contributed by atoms with Crippen molar-refractivity contribution in [2.24, 2.45) is 5.92 Å². The van der Waals surface area contributed by atoms with E-state index in [9.17, 15) is 9.59 Å². The minimum Gasteiger partial charge on any atom is -0.466 e. The largest absolute Gasteiger partial charge is 0.466 e. The van der Waals surface area contributed by atoms with Gasteiger partial charge >= 0.3 is 5.97 Å². The Kier molecular flexibility index (Phi) is 5.85. The topological polar surface area (TPSA) is 67.4 Å². The summed E-state index contributed by atoms with van der Waals surface area (Å²) in [7, 11) is 0. The van der Waals surface area contributed by atoms with Crippen LogP contribution in [0, 0.1) is 5.92 Å². The Bertz CT molecular complexity index is 239. The molecule has 1 aliphatic carbocycles. The third-order valence-corrected chi connectivity index (χ3v) is 2.38. The lowest BCUT2D eigenvalue weighted by atomic mass is 10.4. The van der Waals surface area contributed by atoms with Gasteiger partial charge in [0.2, 0.25) is 5.91 Å². The zero-order valence-corrected chi connectivity index (χ0v) is 9.75. The molecule has 1 saturated carbocycles. The van der Waals surface area contributed by atoms with Crippen molar-refractivity contribution in [3.63, 3.8) is 0 Å². The third-order valence-electron chi connectivity index (χ3n) is 2.38. The van der Waals surface area contributed by atoms with E-state index in [4.69, 9.17) is 4.74 Å². The molecule has 0 bridgehead atoms. The van der Waals surface area contributed by atoms with Gasteiger partial charge in [-0.25, -0.2) is 0 Å². The standard InChI is InChI=1S/C11H20N2O3/c1-2-16-11(15)5-6-12-8-10(14)13-7-9-3-4-9/h9,12H,2-8H2,1H3,(H,13,14). The molecule has 1 amide bonds. The molecule has 0 spiro atoms. The number of nitrogens with one attached hydrogen (secondary N) is 2. The Morgan fingerprint density at radius 3 is 2.75 bits per heavy atom. The van der Waals surface area contributed by atoms with Gasteiger partial charge in [0, 0.05) is 13.1 Å². The van der Waals surface area contributed by atoms with E-state index in [2.05, 4.69) is 10.6 Å². The van der Waals surface area contributed by atoms with E-state index in [1.807, 2.05) is 0 Å². The van der Waals surface area contributed by atoms with Gasteiger partial charge in [-0.1, -0.05) is 0 Å². The van der Waals surface area contributed by atoms with Gasteiger partial charge in [-0.3, -0.25) is 9.59 Å². The average molecular weight is 228 g/mol. The molecule has 0 saturated heterocycles. The molecule has 0 unspecified atom stereocenters. The zero-order chi connectivity index (χ0) is 11.8. The molecule has 1 aliphatic rings. The summed E-state index contributed by atoms with van der Waals surface area (Å²) in [6.07, 6.45) is 2.77. The SMILES string of the molecule is CCOC(=O)CCNCC(=O)NCC1CC1. The molecule has 0 aromatic heterocycles. The van der Waals surface area contributed by atoms with E-state index in [1.165, 1.54) is 12.8 Å². The van der Waals surface area contributed by atoms with Crippen molar-refractivity contribution in [1.82, 2.24) is 10.6 Å². The summed E-state index contributed by atoms with van der Waals surface area (Å²) in [6.45, 7) is 3.72. The maximum atomic E-state index is 11.3. The molecule has 1 rings (SSSR count). The predicted molar refractivity (Wildman–Crippen MR) is 59.9 cm³/mol. The minimum absolute atomic E-state index is 0.00393. The lowest BCUT2D eigenvalue weighted by Gasteiger charge is -2.05. The van der Waals surface area contributed by atoms with Gasteiger partial charge in [-0.15, -0.1) is 0 Å². The van der Waals surface area contributed by atoms with E-state index in [-0.39, 0.29) is 18.4 Å². The first-order chi connectivity index (χ1) is 7.72. The summed E-state index contributed by atoms with van der Waals surface area (Å²) in [5, 5.41) is 5.75. The summed E-state index contributed by atoms with van der Waals surface area (Å²) < 4.78 is 4.76. The molecule has 2 N–H and O–H groups in total. The van der Waals surface area contributed by atoms with Crippen molar-refractivity contribution in [2.75, 3.05) is 26.2 Å². The third kappa shape index (κ3) is 6.40. The van der Waals surface area contributed by atoms with Gasteiger partial charge in [-0.05, 0) is 25.7 Å². The lowest BCUT2D eigenvalue weighted by molar-refractivity contribution is -0.143. The predicted octanol–water partition coefficient (Wildman–Crippen LogP) is 0.0554. The monoisotopic (exact) mass is 228 g/mol. The molecule has 5 nitrogen and oxygen atoms in total. The molecule has 1 fully saturated rings. The van der Waals surface area contributed by atoms with Gasteiger partial charge in [-0.2, -0.15) is 0 Å². The van der Waals surface area contributed by atoms with Gasteiger partial charge in [0.05, 0.1) is 19.6 Å². The van der Waals surface area contributed by atoms with Crippen molar-refractivity contribution in [3.05, 3.63) is 0 Å². The quantitative estimate of drug-likeness (QED) is 0.455. The van der Waals surface area contributed by atoms with Crippen LogP contribution in [0.25, 0.3) is 0 Å². The van der Waals surface area contributed by atoms with Crippen molar-refractivity contribution in [1.29, 1.82) is 0 Å². The second kappa shape index (κ2) is 7.22. The first-order valence-electron chi connectivity index (χ1n) is 5.85. The van der Waals surface area contributed by atoms with Crippen LogP contribution in [0.5, 0.6) is 0 Å². The summed E-state index contributed by atoms with van der Waals surface area (Å²) in [5.41, 5.74) is 0. The highest BCUT2D eigenvalue weighted by Gasteiger charge is 2.21. The van der Waals surface area contributed by atoms with E-state index >= 15 is 0 Å². The van der Waals surface area contributed by atoms with Crippen LogP contribution in [0.1, 0.15) is 26.2 Å². The average Bonchev–Trinajstić information content (AvgIpc) is 3.06. The van der Waals surface area contributed by atoms with Crippen LogP contribution in [-0.2, 0) is 14.3 Å². The minimum atomic E-state index is -0.228. The number of esters is 1. The first kappa shape index (κ1) is 13.0. The number of carbonyl (C=O) groups is 2. The molecule has 92 valence electrons. The summed E-state index contributed by atoms with van der Waals surface area (Å²) >= 11 is 0. The number of amides is 1. The van der Waals surface area contributed by atoms with Crippen molar-refractivity contribution >= 4 is 11.9 Å². The smallest absolute Gasteiger partial charge is 0.307 e. The molecular weight excluding hydrogens is 208 g/mol. The Labute approximate surface area is 95.9 Å². The van der Waals surface area contributed by atoms with Gasteiger partial charge < -0.3 is 15.4 Å². The van der Waals surface area contributed by atoms with Crippen LogP contribution >= 0.6 is 0 Å². The summed E-state index contributed by atoms with van der Waals surface area (Å²) in [6, 6.07) is 0. The number of carbonyl (C=O) groups excluding carboxylic acids is 2. The van der Waals surface area contributed by atoms with E-state index in [0.717, 1.165) is 6.54 Å². The van der Waals surface area contributed by atoms with Crippen molar-refractivity contribution in [3.8, 4) is 0 Å². The van der Waals surface area contributed by atoms with Crippen LogP contribution < -0.4 is 10.6 Å². The number of hydrogen-bond donors (Lipinski definition) is 2. The normalized spacial score (nSPS) is 14.6. The Balaban J connectivity index is 1.89. The van der Waals surface area contributed by atoms with Gasteiger partial charge in [0.25, 0.3) is 0 Å². The van der Waals surface area contributed by atoms with Crippen molar-refractivity contribution < 1.29 is 14.3 Å². The second-order valence-corrected chi connectivity index (χ2v) is 3.98. The molecule has 0 aromatic rings. The fraction of sp³-hybridized carbons (Fsp3) is 0.818. The highest BCUT2D eigenvalue weighted by atomic mass is 16.5. The zero-order valence-electron chi connectivity index (χ0n) is 9.75. The molecule has 16 heavy (non-hydrogen) atoms. The van der Waals surface area contributed by atoms with Crippen LogP contribution in [-0.4, -0.2) is 38.1 Å². The van der Waals surface area contributed by atoms with Gasteiger partial charge in [0.1, 0.15) is 0 Å². The molecule has 0 atom stereocenters. The molecule has 5 heteroatoms. The lowest BCUT2D eigenvalue weighted by Crippen LogP contribution is -2.35. The molecule has 0 radical (unpaired) electrons. The highest BCUT2D eigenvalue weighted by Crippen LogP contribution is 2.27. The molecule has 0 heterocycles. The summed E-state index contributed by atoms with van der Waals surface area (Å²) in [5.74, 6) is 0.465. The maximum Gasteiger partial charge on any atom is 0.307 e. The fourth-order valence-electron chi connectivity index (χ4n) is 1.27. The van der Waals surface area contributed by atoms with Crippen LogP contribution in [0.15, 0.2) is 0 Å². The maximum absolute atomic E-state index is 11.3. The highest BCUT2D eigenvalue weighted by molar-refractivity contribution is 5.78.